The van der Waals surface area contributed by atoms with E-state index in [0.29, 0.717) is 28.4 Å². The molecule has 0 aliphatic heterocycles. The molecule has 0 atom stereocenters. The van der Waals surface area contributed by atoms with Crippen LogP contribution in [0, 0.1) is 5.82 Å². The van der Waals surface area contributed by atoms with Gasteiger partial charge in [-0.05, 0) is 49.4 Å². The Hall–Kier alpha value is -4.46. The zero-order chi connectivity index (χ0) is 24.1. The third-order valence-electron chi connectivity index (χ3n) is 5.04. The Bertz CT molecular complexity index is 1350. The molecular formula is C26H22FN3O4. The zero-order valence-electron chi connectivity index (χ0n) is 18.6. The van der Waals surface area contributed by atoms with Crippen molar-refractivity contribution in [3.8, 4) is 22.7 Å². The van der Waals surface area contributed by atoms with Crippen molar-refractivity contribution in [3.63, 3.8) is 0 Å². The Balaban J connectivity index is 1.76. The second-order valence-electron chi connectivity index (χ2n) is 7.23. The fraction of sp³-hybridized carbons (Fsp3) is 0.115. The van der Waals surface area contributed by atoms with E-state index < -0.39 is 17.7 Å². The van der Waals surface area contributed by atoms with E-state index in [4.69, 9.17) is 9.47 Å². The number of ether oxygens (including phenoxy) is 2. The summed E-state index contributed by atoms with van der Waals surface area (Å²) >= 11 is 0. The maximum Gasteiger partial charge on any atom is 0.358 e. The van der Waals surface area contributed by atoms with Crippen LogP contribution in [0.2, 0.25) is 0 Å². The quantitative estimate of drug-likeness (QED) is 0.388. The maximum absolute atomic E-state index is 14.0. The molecule has 0 spiro atoms. The van der Waals surface area contributed by atoms with Crippen LogP contribution < -0.4 is 10.1 Å². The highest BCUT2D eigenvalue weighted by atomic mass is 19.1. The molecule has 0 saturated carbocycles. The van der Waals surface area contributed by atoms with Crippen LogP contribution in [0.25, 0.3) is 16.9 Å². The van der Waals surface area contributed by atoms with Crippen molar-refractivity contribution in [2.24, 2.45) is 0 Å². The van der Waals surface area contributed by atoms with E-state index in [1.54, 1.807) is 55.1 Å². The molecule has 1 N–H and O–H groups in total. The molecule has 0 unspecified atom stereocenters. The molecule has 0 radical (unpaired) electrons. The first-order chi connectivity index (χ1) is 16.5. The summed E-state index contributed by atoms with van der Waals surface area (Å²) in [5.41, 5.74) is 2.39. The summed E-state index contributed by atoms with van der Waals surface area (Å²) in [6.45, 7) is 1.94. The minimum absolute atomic E-state index is 0.0587. The van der Waals surface area contributed by atoms with Gasteiger partial charge in [0.2, 0.25) is 0 Å². The van der Waals surface area contributed by atoms with Gasteiger partial charge in [-0.15, -0.1) is 0 Å². The highest BCUT2D eigenvalue weighted by Crippen LogP contribution is 2.30. The molecule has 34 heavy (non-hydrogen) atoms. The molecule has 0 saturated heterocycles. The first kappa shape index (κ1) is 22.7. The predicted octanol–water partition coefficient (Wildman–Crippen LogP) is 5.12. The summed E-state index contributed by atoms with van der Waals surface area (Å²) in [6, 6.07) is 21.6. The summed E-state index contributed by atoms with van der Waals surface area (Å²) in [4.78, 5) is 25.0. The number of hydrogen-bond donors (Lipinski definition) is 1. The van der Waals surface area contributed by atoms with Crippen molar-refractivity contribution in [1.29, 1.82) is 0 Å². The molecule has 0 bridgehead atoms. The van der Waals surface area contributed by atoms with Crippen LogP contribution in [-0.4, -0.2) is 35.4 Å². The Morgan fingerprint density at radius 2 is 1.76 bits per heavy atom. The monoisotopic (exact) mass is 459 g/mol. The molecule has 4 rings (SSSR count). The van der Waals surface area contributed by atoms with E-state index in [1.807, 2.05) is 24.3 Å². The average Bonchev–Trinajstić information content (AvgIpc) is 3.30. The molecule has 8 heteroatoms. The molecule has 7 nitrogen and oxygen atoms in total. The van der Waals surface area contributed by atoms with Gasteiger partial charge in [0.15, 0.2) is 5.69 Å². The van der Waals surface area contributed by atoms with Crippen molar-refractivity contribution >= 4 is 17.6 Å². The van der Waals surface area contributed by atoms with E-state index in [0.717, 1.165) is 0 Å². The number of nitrogens with one attached hydrogen (secondary N) is 1. The van der Waals surface area contributed by atoms with E-state index >= 15 is 0 Å². The van der Waals surface area contributed by atoms with Gasteiger partial charge in [0.05, 0.1) is 25.0 Å². The average molecular weight is 459 g/mol. The van der Waals surface area contributed by atoms with Crippen molar-refractivity contribution in [1.82, 2.24) is 9.78 Å². The van der Waals surface area contributed by atoms with Crippen LogP contribution in [0.3, 0.4) is 0 Å². The Kier molecular flexibility index (Phi) is 6.68. The standard InChI is InChI=1S/C26H22FN3O4/c1-3-34-26(32)21-16-23(30(29-21)22-13-6-7-14-24(22)33-2)17-9-8-10-18(15-17)28-25(31)19-11-4-5-12-20(19)27/h4-16H,3H2,1-2H3,(H,28,31). The van der Waals surface area contributed by atoms with Gasteiger partial charge < -0.3 is 14.8 Å². The van der Waals surface area contributed by atoms with Crippen molar-refractivity contribution in [3.05, 3.63) is 95.9 Å². The number of amides is 1. The second kappa shape index (κ2) is 9.99. The molecule has 172 valence electrons. The first-order valence-electron chi connectivity index (χ1n) is 10.6. The highest BCUT2D eigenvalue weighted by molar-refractivity contribution is 6.04. The van der Waals surface area contributed by atoms with E-state index in [1.165, 1.54) is 18.2 Å². The van der Waals surface area contributed by atoms with Crippen LogP contribution in [0.5, 0.6) is 5.75 Å². The summed E-state index contributed by atoms with van der Waals surface area (Å²) in [7, 11) is 1.55. The normalized spacial score (nSPS) is 10.6. The molecule has 3 aromatic carbocycles. The third-order valence-corrected chi connectivity index (χ3v) is 5.04. The Morgan fingerprint density at radius 3 is 2.53 bits per heavy atom. The number of halogens is 1. The van der Waals surface area contributed by atoms with Crippen molar-refractivity contribution in [2.45, 2.75) is 6.92 Å². The molecule has 4 aromatic rings. The van der Waals surface area contributed by atoms with E-state index in [2.05, 4.69) is 10.4 Å². The van der Waals surface area contributed by atoms with Gasteiger partial charge in [0, 0.05) is 11.3 Å². The molecule has 1 amide bonds. The third kappa shape index (κ3) is 4.66. The smallest absolute Gasteiger partial charge is 0.358 e. The van der Waals surface area contributed by atoms with Gasteiger partial charge in [-0.3, -0.25) is 4.79 Å². The van der Waals surface area contributed by atoms with Gasteiger partial charge >= 0.3 is 5.97 Å². The lowest BCUT2D eigenvalue weighted by Crippen LogP contribution is -2.13. The molecular weight excluding hydrogens is 437 g/mol. The number of esters is 1. The number of carbonyl (C=O) groups is 2. The van der Waals surface area contributed by atoms with E-state index in [-0.39, 0.29) is 17.9 Å². The lowest BCUT2D eigenvalue weighted by atomic mass is 10.1. The van der Waals surface area contributed by atoms with Gasteiger partial charge in [-0.25, -0.2) is 13.9 Å². The van der Waals surface area contributed by atoms with Crippen LogP contribution in [0.15, 0.2) is 78.9 Å². The fourth-order valence-corrected chi connectivity index (χ4v) is 3.48. The number of nitrogens with zero attached hydrogens (tertiary/aromatic N) is 2. The number of para-hydroxylation sites is 2. The minimum atomic E-state index is -0.607. The molecule has 0 aliphatic rings. The predicted molar refractivity (Wildman–Crippen MR) is 126 cm³/mol. The number of aromatic nitrogens is 2. The number of carbonyl (C=O) groups excluding carboxylic acids is 2. The number of anilines is 1. The molecule has 1 aromatic heterocycles. The van der Waals surface area contributed by atoms with Gasteiger partial charge in [-0.1, -0.05) is 36.4 Å². The summed E-state index contributed by atoms with van der Waals surface area (Å²) in [5, 5.41) is 7.17. The number of benzene rings is 3. The SMILES string of the molecule is CCOC(=O)c1cc(-c2cccc(NC(=O)c3ccccc3F)c2)n(-c2ccccc2OC)n1. The van der Waals surface area contributed by atoms with Crippen LogP contribution >= 0.6 is 0 Å². The summed E-state index contributed by atoms with van der Waals surface area (Å²) in [6.07, 6.45) is 0. The zero-order valence-corrected chi connectivity index (χ0v) is 18.6. The molecule has 1 heterocycles. The van der Waals surface area contributed by atoms with Gasteiger partial charge in [0.25, 0.3) is 5.91 Å². The molecule has 0 fully saturated rings. The Labute approximate surface area is 195 Å². The largest absolute Gasteiger partial charge is 0.494 e. The van der Waals surface area contributed by atoms with Crippen molar-refractivity contribution in [2.75, 3.05) is 19.0 Å². The first-order valence-corrected chi connectivity index (χ1v) is 10.6. The lowest BCUT2D eigenvalue weighted by molar-refractivity contribution is 0.0518. The van der Waals surface area contributed by atoms with Gasteiger partial charge in [0.1, 0.15) is 17.3 Å². The second-order valence-corrected chi connectivity index (χ2v) is 7.23. The molecule has 0 aliphatic carbocycles. The van der Waals surface area contributed by atoms with E-state index in [9.17, 15) is 14.0 Å². The van der Waals surface area contributed by atoms with Crippen LogP contribution in [-0.2, 0) is 4.74 Å². The maximum atomic E-state index is 14.0. The lowest BCUT2D eigenvalue weighted by Gasteiger charge is -2.12. The fourth-order valence-electron chi connectivity index (χ4n) is 3.48. The highest BCUT2D eigenvalue weighted by Gasteiger charge is 2.20. The number of rotatable bonds is 7. The summed E-state index contributed by atoms with van der Waals surface area (Å²) < 4.78 is 26.2. The number of hydrogen-bond acceptors (Lipinski definition) is 5. The number of methoxy groups -OCH3 is 1. The topological polar surface area (TPSA) is 82.5 Å². The van der Waals surface area contributed by atoms with Crippen LogP contribution in [0.1, 0.15) is 27.8 Å². The van der Waals surface area contributed by atoms with Crippen molar-refractivity contribution < 1.29 is 23.5 Å². The van der Waals surface area contributed by atoms with Gasteiger partial charge in [-0.2, -0.15) is 5.10 Å². The Morgan fingerprint density at radius 1 is 1.00 bits per heavy atom. The summed E-state index contributed by atoms with van der Waals surface area (Å²) in [5.74, 6) is -1.17. The van der Waals surface area contributed by atoms with Crippen LogP contribution in [0.4, 0.5) is 10.1 Å². The minimum Gasteiger partial charge on any atom is -0.494 e.